The molecule has 0 radical (unpaired) electrons. The first-order valence-electron chi connectivity index (χ1n) is 5.54. The monoisotopic (exact) mass is 195 g/mol. The largest absolute Gasteiger partial charge is 0.390 e. The molecule has 4 aliphatic carbocycles. The van der Waals surface area contributed by atoms with Gasteiger partial charge in [0.2, 0.25) is 5.91 Å². The molecule has 0 aromatic carbocycles. The predicted octanol–water partition coefficient (Wildman–Crippen LogP) is 0.803. The summed E-state index contributed by atoms with van der Waals surface area (Å²) < 4.78 is 0. The van der Waals surface area contributed by atoms with Gasteiger partial charge in [-0.25, -0.2) is 0 Å². The van der Waals surface area contributed by atoms with E-state index < -0.39 is 5.60 Å². The van der Waals surface area contributed by atoms with E-state index in [0.717, 1.165) is 25.7 Å². The van der Waals surface area contributed by atoms with Crippen molar-refractivity contribution in [1.29, 1.82) is 0 Å². The number of carbonyl (C=O) groups is 1. The minimum Gasteiger partial charge on any atom is -0.390 e. The summed E-state index contributed by atoms with van der Waals surface area (Å²) in [7, 11) is 0. The van der Waals surface area contributed by atoms with E-state index in [9.17, 15) is 9.90 Å². The van der Waals surface area contributed by atoms with E-state index in [1.807, 2.05) is 0 Å². The van der Waals surface area contributed by atoms with Crippen LogP contribution in [0.5, 0.6) is 0 Å². The molecule has 0 heterocycles. The average molecular weight is 195 g/mol. The Labute approximate surface area is 83.7 Å². The SMILES string of the molecule is NC(=O)C12CC3C[C@H](CC(O)(C3)C1)C2. The maximum Gasteiger partial charge on any atom is 0.223 e. The Kier molecular flexibility index (Phi) is 1.45. The van der Waals surface area contributed by atoms with Crippen LogP contribution in [0.15, 0.2) is 0 Å². The van der Waals surface area contributed by atoms with E-state index in [1.165, 1.54) is 6.42 Å². The zero-order valence-corrected chi connectivity index (χ0v) is 8.33. The van der Waals surface area contributed by atoms with Crippen molar-refractivity contribution in [3.8, 4) is 0 Å². The molecule has 3 N–H and O–H groups in total. The van der Waals surface area contributed by atoms with Crippen molar-refractivity contribution in [2.24, 2.45) is 23.0 Å². The number of rotatable bonds is 1. The average Bonchev–Trinajstić information content (AvgIpc) is 1.98. The number of carbonyl (C=O) groups excluding carboxylic acids is 1. The van der Waals surface area contributed by atoms with Crippen molar-refractivity contribution in [3.05, 3.63) is 0 Å². The van der Waals surface area contributed by atoms with Crippen LogP contribution in [0.1, 0.15) is 38.5 Å². The number of hydrogen-bond acceptors (Lipinski definition) is 2. The van der Waals surface area contributed by atoms with Crippen molar-refractivity contribution in [3.63, 3.8) is 0 Å². The van der Waals surface area contributed by atoms with E-state index in [0.29, 0.717) is 18.3 Å². The molecule has 78 valence electrons. The summed E-state index contributed by atoms with van der Waals surface area (Å²) in [5.74, 6) is 0.924. The fourth-order valence-electron chi connectivity index (χ4n) is 4.50. The lowest BCUT2D eigenvalue weighted by atomic mass is 9.48. The Hall–Kier alpha value is -0.570. The van der Waals surface area contributed by atoms with Gasteiger partial charge in [-0.15, -0.1) is 0 Å². The minimum absolute atomic E-state index is 0.176. The van der Waals surface area contributed by atoms with Crippen LogP contribution < -0.4 is 5.73 Å². The Morgan fingerprint density at radius 3 is 2.21 bits per heavy atom. The van der Waals surface area contributed by atoms with Gasteiger partial charge in [0, 0.05) is 0 Å². The Morgan fingerprint density at radius 1 is 1.21 bits per heavy atom. The summed E-state index contributed by atoms with van der Waals surface area (Å²) >= 11 is 0. The van der Waals surface area contributed by atoms with Crippen LogP contribution in [0.25, 0.3) is 0 Å². The molecule has 0 aromatic rings. The first-order chi connectivity index (χ1) is 6.51. The molecule has 0 aromatic heterocycles. The lowest BCUT2D eigenvalue weighted by molar-refractivity contribution is -0.175. The van der Waals surface area contributed by atoms with Crippen molar-refractivity contribution in [1.82, 2.24) is 0 Å². The zero-order valence-electron chi connectivity index (χ0n) is 8.33. The van der Waals surface area contributed by atoms with E-state index in [4.69, 9.17) is 5.73 Å². The fourth-order valence-corrected chi connectivity index (χ4v) is 4.50. The highest BCUT2D eigenvalue weighted by molar-refractivity contribution is 5.81. The Bertz CT molecular complexity index is 286. The van der Waals surface area contributed by atoms with Crippen LogP contribution in [-0.2, 0) is 4.79 Å². The third-order valence-corrected chi connectivity index (χ3v) is 4.55. The van der Waals surface area contributed by atoms with Crippen LogP contribution in [-0.4, -0.2) is 16.6 Å². The van der Waals surface area contributed by atoms with Crippen LogP contribution in [0.2, 0.25) is 0 Å². The molecule has 4 atom stereocenters. The topological polar surface area (TPSA) is 63.3 Å². The normalized spacial score (nSPS) is 54.9. The lowest BCUT2D eigenvalue weighted by Gasteiger charge is -2.58. The van der Waals surface area contributed by atoms with Gasteiger partial charge in [-0.1, -0.05) is 0 Å². The first kappa shape index (κ1) is 8.72. The second kappa shape index (κ2) is 2.32. The van der Waals surface area contributed by atoms with E-state index >= 15 is 0 Å². The quantitative estimate of drug-likeness (QED) is 0.650. The molecular weight excluding hydrogens is 178 g/mol. The fraction of sp³-hybridized carbons (Fsp3) is 0.909. The summed E-state index contributed by atoms with van der Waals surface area (Å²) in [5, 5.41) is 10.3. The molecule has 0 aliphatic heterocycles. The first-order valence-corrected chi connectivity index (χ1v) is 5.54. The summed E-state index contributed by atoms with van der Waals surface area (Å²) in [6.45, 7) is 0. The highest BCUT2D eigenvalue weighted by atomic mass is 16.3. The maximum absolute atomic E-state index is 11.5. The predicted molar refractivity (Wildman–Crippen MR) is 51.3 cm³/mol. The summed E-state index contributed by atoms with van der Waals surface area (Å²) in [6.07, 6.45) is 5.50. The van der Waals surface area contributed by atoms with Crippen molar-refractivity contribution in [2.75, 3.05) is 0 Å². The van der Waals surface area contributed by atoms with Gasteiger partial charge in [-0.05, 0) is 50.4 Å². The highest BCUT2D eigenvalue weighted by Gasteiger charge is 2.59. The zero-order chi connectivity index (χ0) is 9.97. The smallest absolute Gasteiger partial charge is 0.223 e. The van der Waals surface area contributed by atoms with E-state index in [-0.39, 0.29) is 11.3 Å². The van der Waals surface area contributed by atoms with Crippen molar-refractivity contribution in [2.45, 2.75) is 44.1 Å². The third-order valence-electron chi connectivity index (χ3n) is 4.55. The molecule has 4 aliphatic rings. The van der Waals surface area contributed by atoms with E-state index in [2.05, 4.69) is 0 Å². The highest BCUT2D eigenvalue weighted by Crippen LogP contribution is 2.61. The van der Waals surface area contributed by atoms with Crippen molar-refractivity contribution < 1.29 is 9.90 Å². The van der Waals surface area contributed by atoms with Gasteiger partial charge in [0.15, 0.2) is 0 Å². The molecule has 4 fully saturated rings. The van der Waals surface area contributed by atoms with Crippen LogP contribution in [0.3, 0.4) is 0 Å². The number of primary amides is 1. The van der Waals surface area contributed by atoms with Gasteiger partial charge < -0.3 is 10.8 Å². The van der Waals surface area contributed by atoms with E-state index in [1.54, 1.807) is 0 Å². The van der Waals surface area contributed by atoms with Gasteiger partial charge in [0.25, 0.3) is 0 Å². The molecule has 3 heteroatoms. The van der Waals surface area contributed by atoms with Gasteiger partial charge in [-0.3, -0.25) is 4.79 Å². The van der Waals surface area contributed by atoms with Gasteiger partial charge in [0.1, 0.15) is 0 Å². The minimum atomic E-state index is -0.556. The molecule has 4 saturated carbocycles. The molecule has 3 nitrogen and oxygen atoms in total. The molecule has 4 bridgehead atoms. The summed E-state index contributed by atoms with van der Waals surface area (Å²) in [5.41, 5.74) is 4.60. The van der Waals surface area contributed by atoms with Gasteiger partial charge in [-0.2, -0.15) is 0 Å². The number of hydrogen-bond donors (Lipinski definition) is 2. The second-order valence-corrected chi connectivity index (χ2v) is 5.83. The molecule has 4 rings (SSSR count). The Morgan fingerprint density at radius 2 is 1.79 bits per heavy atom. The number of amides is 1. The van der Waals surface area contributed by atoms with Crippen molar-refractivity contribution >= 4 is 5.91 Å². The third kappa shape index (κ3) is 0.991. The maximum atomic E-state index is 11.5. The standard InChI is InChI=1S/C11H17NO2/c12-9(13)10-2-7-1-8(3-10)5-11(14,4-7)6-10/h7-8,14H,1-6H2,(H2,12,13)/t7-,8?,10?,11?/m0/s1. The summed E-state index contributed by atoms with van der Waals surface area (Å²) in [4.78, 5) is 11.5. The molecule has 0 saturated heterocycles. The summed E-state index contributed by atoms with van der Waals surface area (Å²) in [6, 6.07) is 0. The lowest BCUT2D eigenvalue weighted by Crippen LogP contribution is -2.59. The number of aliphatic hydroxyl groups is 1. The number of nitrogens with two attached hydrogens (primary N) is 1. The second-order valence-electron chi connectivity index (χ2n) is 5.83. The molecule has 3 unspecified atom stereocenters. The van der Waals surface area contributed by atoms with Crippen LogP contribution in [0.4, 0.5) is 0 Å². The molecular formula is C11H17NO2. The van der Waals surface area contributed by atoms with Crippen LogP contribution >= 0.6 is 0 Å². The van der Waals surface area contributed by atoms with Crippen LogP contribution in [0, 0.1) is 17.3 Å². The molecule has 1 amide bonds. The molecule has 0 spiro atoms. The Balaban J connectivity index is 2.00. The molecule has 14 heavy (non-hydrogen) atoms. The van der Waals surface area contributed by atoms with Gasteiger partial charge in [0.05, 0.1) is 11.0 Å². The van der Waals surface area contributed by atoms with Gasteiger partial charge >= 0.3 is 0 Å².